The van der Waals surface area contributed by atoms with Crippen LogP contribution in [0.5, 0.6) is 5.75 Å². The Morgan fingerprint density at radius 2 is 2.10 bits per heavy atom. The molecule has 1 saturated heterocycles. The van der Waals surface area contributed by atoms with Crippen LogP contribution in [0.2, 0.25) is 0 Å². The first-order chi connectivity index (χ1) is 9.98. The lowest BCUT2D eigenvalue weighted by molar-refractivity contribution is -0.0505. The molecule has 6 heteroatoms. The van der Waals surface area contributed by atoms with Crippen molar-refractivity contribution >= 4 is 15.9 Å². The van der Waals surface area contributed by atoms with Crippen LogP contribution >= 0.6 is 15.9 Å². The second-order valence-electron chi connectivity index (χ2n) is 5.66. The van der Waals surface area contributed by atoms with Gasteiger partial charge in [0, 0.05) is 36.3 Å². The summed E-state index contributed by atoms with van der Waals surface area (Å²) in [6.45, 7) is 2.32. The third kappa shape index (κ3) is 5.20. The van der Waals surface area contributed by atoms with E-state index < -0.39 is 6.61 Å². The molecule has 1 fully saturated rings. The largest absolute Gasteiger partial charge is 0.434 e. The van der Waals surface area contributed by atoms with Gasteiger partial charge in [-0.25, -0.2) is 0 Å². The lowest BCUT2D eigenvalue weighted by Crippen LogP contribution is -2.36. The van der Waals surface area contributed by atoms with Gasteiger partial charge >= 0.3 is 6.61 Å². The summed E-state index contributed by atoms with van der Waals surface area (Å²) in [7, 11) is 0. The van der Waals surface area contributed by atoms with Crippen molar-refractivity contribution in [2.24, 2.45) is 5.41 Å². The van der Waals surface area contributed by atoms with Crippen LogP contribution in [-0.4, -0.2) is 26.4 Å². The van der Waals surface area contributed by atoms with Gasteiger partial charge in [-0.15, -0.1) is 0 Å². The van der Waals surface area contributed by atoms with Crippen molar-refractivity contribution in [2.75, 3.05) is 19.8 Å². The minimum absolute atomic E-state index is 0.202. The van der Waals surface area contributed by atoms with Crippen molar-refractivity contribution in [3.63, 3.8) is 0 Å². The van der Waals surface area contributed by atoms with Crippen LogP contribution in [0.3, 0.4) is 0 Å². The van der Waals surface area contributed by atoms with Gasteiger partial charge in [-0.05, 0) is 36.5 Å². The van der Waals surface area contributed by atoms with E-state index in [1.54, 1.807) is 18.2 Å². The van der Waals surface area contributed by atoms with Crippen LogP contribution in [0, 0.1) is 5.41 Å². The Hall–Kier alpha value is -0.720. The van der Waals surface area contributed by atoms with E-state index in [0.717, 1.165) is 42.6 Å². The van der Waals surface area contributed by atoms with Crippen LogP contribution in [-0.2, 0) is 11.3 Å². The highest BCUT2D eigenvalue weighted by atomic mass is 79.9. The summed E-state index contributed by atoms with van der Waals surface area (Å²) in [6.07, 6.45) is 2.03. The van der Waals surface area contributed by atoms with Crippen LogP contribution in [0.15, 0.2) is 22.7 Å². The number of halogens is 3. The Labute approximate surface area is 132 Å². The third-order valence-corrected chi connectivity index (χ3v) is 4.30. The summed E-state index contributed by atoms with van der Waals surface area (Å²) in [5.41, 5.74) is 0.925. The number of benzene rings is 1. The highest BCUT2D eigenvalue weighted by Crippen LogP contribution is 2.29. The van der Waals surface area contributed by atoms with Crippen molar-refractivity contribution in [3.8, 4) is 5.75 Å². The van der Waals surface area contributed by atoms with E-state index in [1.165, 1.54) is 0 Å². The quantitative estimate of drug-likeness (QED) is 0.829. The van der Waals surface area contributed by atoms with Gasteiger partial charge in [0.1, 0.15) is 5.75 Å². The molecule has 0 spiro atoms. The molecule has 118 valence electrons. The summed E-state index contributed by atoms with van der Waals surface area (Å²) in [4.78, 5) is 0. The van der Waals surface area contributed by atoms with Crippen molar-refractivity contribution in [1.82, 2.24) is 5.32 Å². The first-order valence-corrected chi connectivity index (χ1v) is 7.79. The number of hydrogen-bond donors (Lipinski definition) is 1. The van der Waals surface area contributed by atoms with Gasteiger partial charge in [0.25, 0.3) is 0 Å². The fourth-order valence-electron chi connectivity index (χ4n) is 2.44. The van der Waals surface area contributed by atoms with Crippen LogP contribution < -0.4 is 10.1 Å². The van der Waals surface area contributed by atoms with E-state index in [2.05, 4.69) is 32.9 Å². The highest BCUT2D eigenvalue weighted by molar-refractivity contribution is 9.10. The second-order valence-corrected chi connectivity index (χ2v) is 6.57. The lowest BCUT2D eigenvalue weighted by atomic mass is 9.82. The Morgan fingerprint density at radius 1 is 1.38 bits per heavy atom. The average molecular weight is 364 g/mol. The molecule has 1 aliphatic heterocycles. The molecule has 0 bridgehead atoms. The number of nitrogens with one attached hydrogen (secondary N) is 1. The Morgan fingerprint density at radius 3 is 2.76 bits per heavy atom. The molecule has 1 aromatic rings. The maximum absolute atomic E-state index is 12.4. The molecule has 2 rings (SSSR count). The monoisotopic (exact) mass is 363 g/mol. The fraction of sp³-hybridized carbons (Fsp3) is 0.600. The topological polar surface area (TPSA) is 30.5 Å². The molecule has 0 aliphatic carbocycles. The van der Waals surface area contributed by atoms with Crippen LogP contribution in [0.25, 0.3) is 0 Å². The molecular weight excluding hydrogens is 344 g/mol. The van der Waals surface area contributed by atoms with Gasteiger partial charge in [0.05, 0.1) is 0 Å². The molecule has 0 radical (unpaired) electrons. The second kappa shape index (κ2) is 7.51. The third-order valence-electron chi connectivity index (χ3n) is 3.81. The predicted octanol–water partition coefficient (Wildman–Crippen LogP) is 3.96. The van der Waals surface area contributed by atoms with Crippen LogP contribution in [0.4, 0.5) is 8.78 Å². The molecule has 0 saturated carbocycles. The smallest absolute Gasteiger partial charge is 0.387 e. The van der Waals surface area contributed by atoms with E-state index in [0.29, 0.717) is 6.54 Å². The molecule has 3 nitrogen and oxygen atoms in total. The van der Waals surface area contributed by atoms with Gasteiger partial charge in [-0.3, -0.25) is 0 Å². The highest BCUT2D eigenvalue weighted by Gasteiger charge is 2.26. The molecule has 0 unspecified atom stereocenters. The number of alkyl halides is 2. The predicted molar refractivity (Wildman–Crippen MR) is 80.6 cm³/mol. The molecule has 1 aromatic carbocycles. The lowest BCUT2D eigenvalue weighted by Gasteiger charge is -2.33. The zero-order valence-electron chi connectivity index (χ0n) is 12.0. The number of ether oxygens (including phenoxy) is 2. The normalized spacial score (nSPS) is 18.0. The molecule has 0 aromatic heterocycles. The van der Waals surface area contributed by atoms with Gasteiger partial charge in [0.15, 0.2) is 0 Å². The summed E-state index contributed by atoms with van der Waals surface area (Å²) in [5.74, 6) is 0.220. The number of hydrogen-bond acceptors (Lipinski definition) is 3. The van der Waals surface area contributed by atoms with Crippen LogP contribution in [0.1, 0.15) is 25.3 Å². The first kappa shape index (κ1) is 16.6. The Bertz CT molecular complexity index is 465. The van der Waals surface area contributed by atoms with E-state index in [9.17, 15) is 8.78 Å². The molecule has 0 atom stereocenters. The Kier molecular flexibility index (Phi) is 5.96. The number of rotatable bonds is 6. The molecule has 21 heavy (non-hydrogen) atoms. The molecular formula is C15H20BrF2NO2. The van der Waals surface area contributed by atoms with E-state index in [1.807, 2.05) is 0 Å². The molecule has 1 N–H and O–H groups in total. The Balaban J connectivity index is 1.94. The fourth-order valence-corrected chi connectivity index (χ4v) is 2.85. The maximum Gasteiger partial charge on any atom is 0.387 e. The summed E-state index contributed by atoms with van der Waals surface area (Å²) >= 11 is 3.35. The molecule has 1 heterocycles. The standard InChI is InChI=1S/C15H20BrF2NO2/c1-15(4-6-20-7-5-15)10-19-9-11-8-12(16)2-3-13(11)21-14(17)18/h2-3,8,14,19H,4-7,9-10H2,1H3. The van der Waals surface area contributed by atoms with Crippen molar-refractivity contribution in [2.45, 2.75) is 32.9 Å². The first-order valence-electron chi connectivity index (χ1n) is 7.00. The van der Waals surface area contributed by atoms with Crippen molar-refractivity contribution in [1.29, 1.82) is 0 Å². The van der Waals surface area contributed by atoms with Crippen molar-refractivity contribution in [3.05, 3.63) is 28.2 Å². The van der Waals surface area contributed by atoms with E-state index in [4.69, 9.17) is 4.74 Å². The summed E-state index contributed by atoms with van der Waals surface area (Å²) < 4.78 is 35.6. The SMILES string of the molecule is CC1(CNCc2cc(Br)ccc2OC(F)F)CCOCC1. The zero-order chi connectivity index (χ0) is 15.3. The summed E-state index contributed by atoms with van der Waals surface area (Å²) in [5, 5.41) is 3.35. The van der Waals surface area contributed by atoms with Gasteiger partial charge in [-0.2, -0.15) is 8.78 Å². The van der Waals surface area contributed by atoms with Gasteiger partial charge < -0.3 is 14.8 Å². The molecule has 0 amide bonds. The summed E-state index contributed by atoms with van der Waals surface area (Å²) in [6, 6.07) is 5.06. The van der Waals surface area contributed by atoms with E-state index in [-0.39, 0.29) is 11.2 Å². The van der Waals surface area contributed by atoms with E-state index >= 15 is 0 Å². The van der Waals surface area contributed by atoms with Gasteiger partial charge in [-0.1, -0.05) is 22.9 Å². The molecule has 1 aliphatic rings. The maximum atomic E-state index is 12.4. The average Bonchev–Trinajstić information content (AvgIpc) is 2.42. The zero-order valence-corrected chi connectivity index (χ0v) is 13.6. The van der Waals surface area contributed by atoms with Gasteiger partial charge in [0.2, 0.25) is 0 Å². The minimum atomic E-state index is -2.81. The minimum Gasteiger partial charge on any atom is -0.434 e. The van der Waals surface area contributed by atoms with Crippen molar-refractivity contribution < 1.29 is 18.3 Å².